The highest BCUT2D eigenvalue weighted by molar-refractivity contribution is 5.67. The molecule has 2 atom stereocenters. The van der Waals surface area contributed by atoms with Crippen LogP contribution in [0.25, 0.3) is 0 Å². The minimum Gasteiger partial charge on any atom is -0.444 e. The normalized spacial score (nSPS) is 25.3. The second kappa shape index (κ2) is 6.95. The summed E-state index contributed by atoms with van der Waals surface area (Å²) in [7, 11) is 0. The van der Waals surface area contributed by atoms with Crippen molar-refractivity contribution in [3.8, 4) is 0 Å². The van der Waals surface area contributed by atoms with Gasteiger partial charge in [0, 0.05) is 19.8 Å². The number of amides is 1. The van der Waals surface area contributed by atoms with Gasteiger partial charge >= 0.3 is 6.09 Å². The Kier molecular flexibility index (Phi) is 5.88. The topological polar surface area (TPSA) is 73.6 Å². The van der Waals surface area contributed by atoms with Gasteiger partial charge in [0.05, 0.1) is 0 Å². The van der Waals surface area contributed by atoms with E-state index in [-0.39, 0.29) is 6.09 Å². The maximum atomic E-state index is 11.6. The van der Waals surface area contributed by atoms with Crippen LogP contribution in [0, 0.1) is 11.8 Å². The monoisotopic (exact) mass is 258 g/mol. The fraction of sp³-hybridized carbons (Fsp3) is 0.923. The Hall–Kier alpha value is -0.810. The van der Waals surface area contributed by atoms with E-state index in [0.29, 0.717) is 24.9 Å². The summed E-state index contributed by atoms with van der Waals surface area (Å²) in [6.07, 6.45) is 1.55. The van der Waals surface area contributed by atoms with Gasteiger partial charge in [-0.1, -0.05) is 0 Å². The molecule has 106 valence electrons. The van der Waals surface area contributed by atoms with Crippen LogP contribution in [0.3, 0.4) is 0 Å². The molecule has 0 bridgehead atoms. The summed E-state index contributed by atoms with van der Waals surface area (Å²) >= 11 is 0. The van der Waals surface area contributed by atoms with Gasteiger partial charge in [0.1, 0.15) is 5.60 Å². The van der Waals surface area contributed by atoms with Crippen LogP contribution in [0.1, 0.15) is 33.6 Å². The Morgan fingerprint density at radius 3 is 2.50 bits per heavy atom. The van der Waals surface area contributed by atoms with Crippen molar-refractivity contribution in [2.75, 3.05) is 26.3 Å². The van der Waals surface area contributed by atoms with Gasteiger partial charge in [-0.05, 0) is 52.0 Å². The van der Waals surface area contributed by atoms with Gasteiger partial charge in [0.25, 0.3) is 0 Å². The highest BCUT2D eigenvalue weighted by Gasteiger charge is 2.24. The molecule has 0 aliphatic carbocycles. The van der Waals surface area contributed by atoms with Gasteiger partial charge in [0.2, 0.25) is 0 Å². The number of nitrogens with one attached hydrogen (secondary N) is 1. The van der Waals surface area contributed by atoms with Crippen molar-refractivity contribution in [1.29, 1.82) is 0 Å². The van der Waals surface area contributed by atoms with Crippen LogP contribution in [0.15, 0.2) is 0 Å². The summed E-state index contributed by atoms with van der Waals surface area (Å²) in [6, 6.07) is 0. The molecule has 0 aromatic heterocycles. The van der Waals surface area contributed by atoms with Crippen molar-refractivity contribution < 1.29 is 14.3 Å². The second-order valence-electron chi connectivity index (χ2n) is 5.83. The van der Waals surface area contributed by atoms with Crippen LogP contribution in [0.4, 0.5) is 4.79 Å². The number of hydrogen-bond donors (Lipinski definition) is 2. The molecule has 3 N–H and O–H groups in total. The molecule has 0 aromatic carbocycles. The number of hydrogen-bond acceptors (Lipinski definition) is 4. The van der Waals surface area contributed by atoms with Crippen LogP contribution in [0.5, 0.6) is 0 Å². The predicted molar refractivity (Wildman–Crippen MR) is 70.3 cm³/mol. The average Bonchev–Trinajstić information content (AvgIpc) is 2.48. The minimum absolute atomic E-state index is 0.358. The van der Waals surface area contributed by atoms with Gasteiger partial charge in [0.15, 0.2) is 0 Å². The van der Waals surface area contributed by atoms with E-state index in [1.165, 1.54) is 0 Å². The Labute approximate surface area is 109 Å². The van der Waals surface area contributed by atoms with Gasteiger partial charge in [-0.15, -0.1) is 0 Å². The van der Waals surface area contributed by atoms with E-state index < -0.39 is 5.60 Å². The fourth-order valence-electron chi connectivity index (χ4n) is 2.15. The molecular formula is C13H26N2O3. The Bertz CT molecular complexity index is 263. The summed E-state index contributed by atoms with van der Waals surface area (Å²) in [6.45, 7) is 8.34. The standard InChI is InChI=1S/C13H26N2O3/c1-13(2,3)18-12(16)15-9-11-5-7-17-6-4-10(11)8-14/h10-11H,4-9,14H2,1-3H3,(H,15,16)/t10-,11+/m1/s1. The third kappa shape index (κ3) is 5.69. The van der Waals surface area contributed by atoms with E-state index in [0.717, 1.165) is 26.1 Å². The Morgan fingerprint density at radius 1 is 1.33 bits per heavy atom. The number of ether oxygens (including phenoxy) is 2. The quantitative estimate of drug-likeness (QED) is 0.805. The van der Waals surface area contributed by atoms with E-state index in [2.05, 4.69) is 5.32 Å². The summed E-state index contributed by atoms with van der Waals surface area (Å²) in [5.41, 5.74) is 5.32. The van der Waals surface area contributed by atoms with Crippen molar-refractivity contribution in [3.63, 3.8) is 0 Å². The molecular weight excluding hydrogens is 232 g/mol. The SMILES string of the molecule is CC(C)(C)OC(=O)NC[C@@H]1CCOCC[C@@H]1CN. The summed E-state index contributed by atoms with van der Waals surface area (Å²) in [4.78, 5) is 11.6. The molecule has 1 saturated heterocycles. The van der Waals surface area contributed by atoms with E-state index in [1.807, 2.05) is 20.8 Å². The molecule has 1 amide bonds. The zero-order chi connectivity index (χ0) is 13.6. The molecule has 0 aromatic rings. The summed E-state index contributed by atoms with van der Waals surface area (Å²) in [5, 5.41) is 2.83. The lowest BCUT2D eigenvalue weighted by Gasteiger charge is -2.25. The van der Waals surface area contributed by atoms with Crippen molar-refractivity contribution in [2.24, 2.45) is 17.6 Å². The summed E-state index contributed by atoms with van der Waals surface area (Å²) < 4.78 is 10.7. The molecule has 1 aliphatic heterocycles. The number of carbonyl (C=O) groups is 1. The third-order valence-electron chi connectivity index (χ3n) is 3.14. The molecule has 0 radical (unpaired) electrons. The molecule has 0 spiro atoms. The predicted octanol–water partition coefficient (Wildman–Crippen LogP) is 1.51. The van der Waals surface area contributed by atoms with Crippen LogP contribution in [-0.2, 0) is 9.47 Å². The van der Waals surface area contributed by atoms with Crippen LogP contribution >= 0.6 is 0 Å². The minimum atomic E-state index is -0.454. The number of nitrogens with two attached hydrogens (primary N) is 1. The van der Waals surface area contributed by atoms with Crippen LogP contribution in [-0.4, -0.2) is 38.0 Å². The Morgan fingerprint density at radius 2 is 1.94 bits per heavy atom. The second-order valence-corrected chi connectivity index (χ2v) is 5.83. The first kappa shape index (κ1) is 15.2. The molecule has 1 heterocycles. The number of alkyl carbamates (subject to hydrolysis) is 1. The van der Waals surface area contributed by atoms with Gasteiger partial charge < -0.3 is 20.5 Å². The van der Waals surface area contributed by atoms with Crippen molar-refractivity contribution >= 4 is 6.09 Å². The first-order valence-corrected chi connectivity index (χ1v) is 6.67. The van der Waals surface area contributed by atoms with Gasteiger partial charge in [-0.2, -0.15) is 0 Å². The molecule has 18 heavy (non-hydrogen) atoms. The molecule has 1 rings (SSSR count). The molecule has 5 nitrogen and oxygen atoms in total. The molecule has 0 unspecified atom stereocenters. The van der Waals surface area contributed by atoms with Gasteiger partial charge in [-0.25, -0.2) is 4.79 Å². The van der Waals surface area contributed by atoms with Crippen LogP contribution < -0.4 is 11.1 Å². The van der Waals surface area contributed by atoms with Crippen molar-refractivity contribution in [1.82, 2.24) is 5.32 Å². The molecule has 5 heteroatoms. The molecule has 1 fully saturated rings. The van der Waals surface area contributed by atoms with E-state index in [4.69, 9.17) is 15.2 Å². The largest absolute Gasteiger partial charge is 0.444 e. The number of carbonyl (C=O) groups excluding carboxylic acids is 1. The molecule has 1 aliphatic rings. The van der Waals surface area contributed by atoms with E-state index in [1.54, 1.807) is 0 Å². The van der Waals surface area contributed by atoms with Crippen molar-refractivity contribution in [3.05, 3.63) is 0 Å². The fourth-order valence-corrected chi connectivity index (χ4v) is 2.15. The molecule has 0 saturated carbocycles. The number of rotatable bonds is 3. The first-order valence-electron chi connectivity index (χ1n) is 6.67. The lowest BCUT2D eigenvalue weighted by molar-refractivity contribution is 0.0511. The smallest absolute Gasteiger partial charge is 0.407 e. The average molecular weight is 258 g/mol. The lowest BCUT2D eigenvalue weighted by Crippen LogP contribution is -2.38. The first-order chi connectivity index (χ1) is 8.42. The Balaban J connectivity index is 2.37. The van der Waals surface area contributed by atoms with E-state index >= 15 is 0 Å². The van der Waals surface area contributed by atoms with Gasteiger partial charge in [-0.3, -0.25) is 0 Å². The summed E-state index contributed by atoms with van der Waals surface area (Å²) in [5.74, 6) is 0.799. The maximum absolute atomic E-state index is 11.6. The highest BCUT2D eigenvalue weighted by Crippen LogP contribution is 2.21. The maximum Gasteiger partial charge on any atom is 0.407 e. The third-order valence-corrected chi connectivity index (χ3v) is 3.14. The van der Waals surface area contributed by atoms with E-state index in [9.17, 15) is 4.79 Å². The lowest BCUT2D eigenvalue weighted by atomic mass is 9.88. The van der Waals surface area contributed by atoms with Crippen LogP contribution in [0.2, 0.25) is 0 Å². The zero-order valence-electron chi connectivity index (χ0n) is 11.7. The zero-order valence-corrected chi connectivity index (χ0v) is 11.7. The van der Waals surface area contributed by atoms with Crippen molar-refractivity contribution in [2.45, 2.75) is 39.2 Å². The highest BCUT2D eigenvalue weighted by atomic mass is 16.6.